The van der Waals surface area contributed by atoms with E-state index < -0.39 is 15.9 Å². The monoisotopic (exact) mass is 463 g/mol. The van der Waals surface area contributed by atoms with Crippen LogP contribution in [0.5, 0.6) is 0 Å². The molecule has 0 aliphatic rings. The van der Waals surface area contributed by atoms with Gasteiger partial charge in [-0.2, -0.15) is 5.10 Å². The van der Waals surface area contributed by atoms with E-state index in [2.05, 4.69) is 10.5 Å². The van der Waals surface area contributed by atoms with Crippen LogP contribution in [0.3, 0.4) is 0 Å². The number of para-hydroxylation sites is 1. The van der Waals surface area contributed by atoms with E-state index in [9.17, 15) is 13.2 Å². The van der Waals surface area contributed by atoms with Gasteiger partial charge in [0.05, 0.1) is 10.6 Å². The van der Waals surface area contributed by atoms with Crippen LogP contribution in [0, 0.1) is 13.8 Å². The Morgan fingerprint density at radius 3 is 2.21 bits per heavy atom. The highest BCUT2D eigenvalue weighted by Gasteiger charge is 2.28. The fourth-order valence-corrected chi connectivity index (χ4v) is 4.82. The molecule has 0 radical (unpaired) electrons. The van der Waals surface area contributed by atoms with Crippen molar-refractivity contribution in [3.63, 3.8) is 0 Å². The maximum atomic E-state index is 13.4. The molecule has 0 spiro atoms. The van der Waals surface area contributed by atoms with Gasteiger partial charge in [0.15, 0.2) is 0 Å². The van der Waals surface area contributed by atoms with Gasteiger partial charge in [0, 0.05) is 5.71 Å². The van der Waals surface area contributed by atoms with Gasteiger partial charge in [-0.3, -0.25) is 9.10 Å². The number of hydrazone groups is 1. The summed E-state index contributed by atoms with van der Waals surface area (Å²) < 4.78 is 28.0. The minimum atomic E-state index is -3.95. The second-order valence-electron chi connectivity index (χ2n) is 7.98. The number of anilines is 1. The summed E-state index contributed by atoms with van der Waals surface area (Å²) in [6.45, 7) is 5.17. The molecular formula is C26H29N3O3S. The quantitative estimate of drug-likeness (QED) is 0.371. The number of nitrogens with one attached hydrogen (secondary N) is 1. The molecule has 33 heavy (non-hydrogen) atoms. The molecule has 0 aromatic heterocycles. The molecule has 3 aromatic carbocycles. The van der Waals surface area contributed by atoms with Gasteiger partial charge in [-0.1, -0.05) is 66.2 Å². The summed E-state index contributed by atoms with van der Waals surface area (Å²) in [5.74, 6) is -0.506. The van der Waals surface area contributed by atoms with Crippen molar-refractivity contribution < 1.29 is 13.2 Å². The normalized spacial score (nSPS) is 11.8. The third-order valence-corrected chi connectivity index (χ3v) is 7.04. The zero-order valence-electron chi connectivity index (χ0n) is 19.2. The maximum Gasteiger partial charge on any atom is 0.264 e. The molecule has 1 amide bonds. The van der Waals surface area contributed by atoms with Crippen molar-refractivity contribution in [3.8, 4) is 0 Å². The highest BCUT2D eigenvalue weighted by Crippen LogP contribution is 2.26. The third-order valence-electron chi connectivity index (χ3n) is 5.27. The Bertz CT molecular complexity index is 1220. The second-order valence-corrected chi connectivity index (χ2v) is 9.84. The van der Waals surface area contributed by atoms with E-state index in [-0.39, 0.29) is 11.4 Å². The summed E-state index contributed by atoms with van der Waals surface area (Å²) in [4.78, 5) is 12.9. The van der Waals surface area contributed by atoms with E-state index in [1.165, 1.54) is 5.56 Å². The molecule has 6 nitrogen and oxygen atoms in total. The minimum absolute atomic E-state index is 0.131. The zero-order valence-corrected chi connectivity index (χ0v) is 20.0. The average molecular weight is 464 g/mol. The highest BCUT2D eigenvalue weighted by atomic mass is 32.2. The number of rotatable bonds is 9. The summed E-state index contributed by atoms with van der Waals surface area (Å²) in [6.07, 6.45) is 1.50. The molecule has 0 saturated carbocycles. The van der Waals surface area contributed by atoms with Gasteiger partial charge in [-0.15, -0.1) is 0 Å². The van der Waals surface area contributed by atoms with Crippen LogP contribution >= 0.6 is 0 Å². The van der Waals surface area contributed by atoms with Crippen LogP contribution in [-0.2, 0) is 21.2 Å². The fourth-order valence-electron chi connectivity index (χ4n) is 3.33. The Labute approximate surface area is 196 Å². The number of benzene rings is 3. The Morgan fingerprint density at radius 1 is 0.909 bits per heavy atom. The van der Waals surface area contributed by atoms with E-state index in [0.29, 0.717) is 12.1 Å². The van der Waals surface area contributed by atoms with Crippen molar-refractivity contribution in [2.24, 2.45) is 5.10 Å². The Morgan fingerprint density at radius 2 is 1.55 bits per heavy atom. The first-order valence-corrected chi connectivity index (χ1v) is 12.2. The topological polar surface area (TPSA) is 78.8 Å². The molecule has 0 unspecified atom stereocenters. The standard InChI is InChI=1S/C26H29N3O3S/c1-20-13-17-24(18-14-20)33(31,32)29(25-12-8-7-9-21(25)2)19-26(30)28-27-22(3)15-16-23-10-5-4-6-11-23/h4-14,17-18H,15-16,19H2,1-3H3,(H,28,30)/b27-22-. The Balaban J connectivity index is 1.76. The highest BCUT2D eigenvalue weighted by molar-refractivity contribution is 7.92. The van der Waals surface area contributed by atoms with Gasteiger partial charge in [0.2, 0.25) is 0 Å². The van der Waals surface area contributed by atoms with Gasteiger partial charge in [0.25, 0.3) is 15.9 Å². The van der Waals surface area contributed by atoms with Crippen LogP contribution in [0.2, 0.25) is 0 Å². The molecule has 0 bridgehead atoms. The number of hydrogen-bond acceptors (Lipinski definition) is 4. The first-order valence-electron chi connectivity index (χ1n) is 10.8. The number of sulfonamides is 1. The molecule has 0 aliphatic carbocycles. The fraction of sp³-hybridized carbons (Fsp3) is 0.231. The first-order chi connectivity index (χ1) is 15.8. The van der Waals surface area contributed by atoms with Crippen LogP contribution in [-0.4, -0.2) is 26.6 Å². The molecule has 0 fully saturated rings. The van der Waals surface area contributed by atoms with Gasteiger partial charge < -0.3 is 0 Å². The van der Waals surface area contributed by atoms with E-state index in [1.807, 2.05) is 63.2 Å². The van der Waals surface area contributed by atoms with Crippen LogP contribution in [0.25, 0.3) is 0 Å². The molecule has 0 heterocycles. The third kappa shape index (κ3) is 6.52. The Kier molecular flexibility index (Phi) is 8.01. The van der Waals surface area contributed by atoms with E-state index in [4.69, 9.17) is 0 Å². The van der Waals surface area contributed by atoms with Crippen molar-refractivity contribution in [1.82, 2.24) is 5.43 Å². The smallest absolute Gasteiger partial charge is 0.264 e. The van der Waals surface area contributed by atoms with E-state index in [0.717, 1.165) is 27.6 Å². The number of nitrogens with zero attached hydrogens (tertiary/aromatic N) is 2. The molecular weight excluding hydrogens is 434 g/mol. The SMILES string of the molecule is C/C(CCc1ccccc1)=N/NC(=O)CN(c1ccccc1C)S(=O)(=O)c1ccc(C)cc1. The summed E-state index contributed by atoms with van der Waals surface area (Å²) in [6, 6.07) is 23.7. The van der Waals surface area contributed by atoms with Crippen molar-refractivity contribution >= 4 is 27.3 Å². The molecule has 3 rings (SSSR count). The number of carbonyl (C=O) groups is 1. The molecule has 172 valence electrons. The second kappa shape index (κ2) is 10.9. The maximum absolute atomic E-state index is 13.4. The van der Waals surface area contributed by atoms with Crippen molar-refractivity contribution in [2.45, 2.75) is 38.5 Å². The molecule has 0 atom stereocenters. The lowest BCUT2D eigenvalue weighted by molar-refractivity contribution is -0.119. The van der Waals surface area contributed by atoms with Crippen molar-refractivity contribution in [3.05, 3.63) is 95.6 Å². The van der Waals surface area contributed by atoms with Gasteiger partial charge in [-0.05, 0) is 62.9 Å². The van der Waals surface area contributed by atoms with Crippen molar-refractivity contribution in [1.29, 1.82) is 0 Å². The summed E-state index contributed by atoms with van der Waals surface area (Å²) in [5.41, 5.74) is 6.63. The molecule has 0 aliphatic heterocycles. The number of hydrogen-bond donors (Lipinski definition) is 1. The van der Waals surface area contributed by atoms with Crippen LogP contribution < -0.4 is 9.73 Å². The van der Waals surface area contributed by atoms with Crippen LogP contribution in [0.15, 0.2) is 88.9 Å². The average Bonchev–Trinajstić information content (AvgIpc) is 2.81. The van der Waals surface area contributed by atoms with Gasteiger partial charge in [0.1, 0.15) is 6.54 Å². The molecule has 1 N–H and O–H groups in total. The number of carbonyl (C=O) groups excluding carboxylic acids is 1. The summed E-state index contributed by atoms with van der Waals surface area (Å²) in [5, 5.41) is 4.17. The lowest BCUT2D eigenvalue weighted by Gasteiger charge is -2.25. The molecule has 3 aromatic rings. The van der Waals surface area contributed by atoms with Gasteiger partial charge >= 0.3 is 0 Å². The lowest BCUT2D eigenvalue weighted by atomic mass is 10.1. The van der Waals surface area contributed by atoms with E-state index in [1.54, 1.807) is 36.4 Å². The summed E-state index contributed by atoms with van der Waals surface area (Å²) >= 11 is 0. The van der Waals surface area contributed by atoms with E-state index >= 15 is 0 Å². The number of aryl methyl sites for hydroxylation is 3. The largest absolute Gasteiger partial charge is 0.271 e. The lowest BCUT2D eigenvalue weighted by Crippen LogP contribution is -2.40. The van der Waals surface area contributed by atoms with Crippen LogP contribution in [0.1, 0.15) is 30.0 Å². The summed E-state index contributed by atoms with van der Waals surface area (Å²) in [7, 11) is -3.95. The first kappa shape index (κ1) is 24.2. The zero-order chi connectivity index (χ0) is 23.8. The number of amides is 1. The van der Waals surface area contributed by atoms with Crippen LogP contribution in [0.4, 0.5) is 5.69 Å². The minimum Gasteiger partial charge on any atom is -0.271 e. The predicted molar refractivity (Wildman–Crippen MR) is 133 cm³/mol. The Hall–Kier alpha value is -3.45. The van der Waals surface area contributed by atoms with Gasteiger partial charge in [-0.25, -0.2) is 13.8 Å². The predicted octanol–water partition coefficient (Wildman–Crippen LogP) is 4.62. The van der Waals surface area contributed by atoms with Crippen molar-refractivity contribution in [2.75, 3.05) is 10.8 Å². The molecule has 7 heteroatoms. The molecule has 0 saturated heterocycles.